The number of unbranched alkanes of at least 4 members (excludes halogenated alkanes) is 3. The molecule has 102 valence electrons. The lowest BCUT2D eigenvalue weighted by Crippen LogP contribution is -2.01. The van der Waals surface area contributed by atoms with E-state index in [1.165, 1.54) is 57.8 Å². The highest BCUT2D eigenvalue weighted by Crippen LogP contribution is 2.43. The van der Waals surface area contributed by atoms with Gasteiger partial charge in [-0.3, -0.25) is 0 Å². The topological polar surface area (TPSA) is 0 Å². The van der Waals surface area contributed by atoms with E-state index < -0.39 is 0 Å². The molecule has 1 saturated carbocycles. The Morgan fingerprint density at radius 3 is 2.06 bits per heavy atom. The van der Waals surface area contributed by atoms with E-state index in [9.17, 15) is 0 Å². The molecule has 1 aliphatic carbocycles. The van der Waals surface area contributed by atoms with Gasteiger partial charge in [0.05, 0.1) is 0 Å². The molecule has 0 aromatic carbocycles. The van der Waals surface area contributed by atoms with Gasteiger partial charge < -0.3 is 0 Å². The Labute approximate surface area is 110 Å². The van der Waals surface area contributed by atoms with Gasteiger partial charge in [-0.25, -0.2) is 0 Å². The maximum absolute atomic E-state index is 2.42. The fourth-order valence-corrected chi connectivity index (χ4v) is 2.98. The van der Waals surface area contributed by atoms with Crippen LogP contribution in [0.15, 0.2) is 0 Å². The van der Waals surface area contributed by atoms with Crippen molar-refractivity contribution in [1.29, 1.82) is 0 Å². The van der Waals surface area contributed by atoms with Gasteiger partial charge in [-0.1, -0.05) is 72.6 Å². The first-order valence-corrected chi connectivity index (χ1v) is 8.13. The lowest BCUT2D eigenvalue weighted by Gasteiger charge is -2.14. The van der Waals surface area contributed by atoms with Crippen LogP contribution in [0.2, 0.25) is 0 Å². The molecule has 0 aliphatic heterocycles. The summed E-state index contributed by atoms with van der Waals surface area (Å²) in [7, 11) is 0. The normalized spacial score (nSPS) is 25.2. The predicted octanol–water partition coefficient (Wildman–Crippen LogP) is 6.06. The van der Waals surface area contributed by atoms with Crippen LogP contribution in [0.1, 0.15) is 85.5 Å². The monoisotopic (exact) mass is 238 g/mol. The van der Waals surface area contributed by atoms with Crippen LogP contribution in [0, 0.1) is 23.7 Å². The molecule has 1 rings (SSSR count). The third-order valence-electron chi connectivity index (χ3n) is 4.63. The second-order valence-corrected chi connectivity index (χ2v) is 6.87. The molecular formula is C17H34. The van der Waals surface area contributed by atoms with Crippen molar-refractivity contribution in [2.75, 3.05) is 0 Å². The zero-order valence-electron chi connectivity index (χ0n) is 12.7. The summed E-state index contributed by atoms with van der Waals surface area (Å²) in [5, 5.41) is 0. The first kappa shape index (κ1) is 15.1. The third-order valence-corrected chi connectivity index (χ3v) is 4.63. The van der Waals surface area contributed by atoms with Crippen LogP contribution < -0.4 is 0 Å². The van der Waals surface area contributed by atoms with Crippen LogP contribution in [-0.4, -0.2) is 0 Å². The molecule has 0 N–H and O–H groups in total. The molecule has 0 bridgehead atoms. The van der Waals surface area contributed by atoms with Crippen molar-refractivity contribution in [3.05, 3.63) is 0 Å². The van der Waals surface area contributed by atoms with Crippen LogP contribution in [-0.2, 0) is 0 Å². The lowest BCUT2D eigenvalue weighted by atomic mass is 9.92. The second-order valence-electron chi connectivity index (χ2n) is 6.87. The van der Waals surface area contributed by atoms with Crippen molar-refractivity contribution >= 4 is 0 Å². The minimum atomic E-state index is 0.898. The molecule has 0 amide bonds. The Morgan fingerprint density at radius 1 is 1.00 bits per heavy atom. The van der Waals surface area contributed by atoms with Gasteiger partial charge in [0.1, 0.15) is 0 Å². The fraction of sp³-hybridized carbons (Fsp3) is 1.00. The Balaban J connectivity index is 1.92. The van der Waals surface area contributed by atoms with Crippen LogP contribution in [0.5, 0.6) is 0 Å². The minimum absolute atomic E-state index is 0.898. The van der Waals surface area contributed by atoms with Crippen molar-refractivity contribution in [2.45, 2.75) is 85.5 Å². The largest absolute Gasteiger partial charge is 0.0651 e. The minimum Gasteiger partial charge on any atom is -0.0651 e. The number of hydrogen-bond donors (Lipinski definition) is 0. The molecule has 1 aliphatic rings. The quantitative estimate of drug-likeness (QED) is 0.406. The number of rotatable bonds is 10. The lowest BCUT2D eigenvalue weighted by molar-refractivity contribution is 0.384. The molecule has 0 heterocycles. The summed E-state index contributed by atoms with van der Waals surface area (Å²) in [4.78, 5) is 0. The molecule has 0 radical (unpaired) electrons. The second kappa shape index (κ2) is 8.16. The average Bonchev–Trinajstić information content (AvgIpc) is 2.97. The van der Waals surface area contributed by atoms with E-state index in [2.05, 4.69) is 27.7 Å². The van der Waals surface area contributed by atoms with E-state index in [4.69, 9.17) is 0 Å². The average molecular weight is 238 g/mol. The fourth-order valence-electron chi connectivity index (χ4n) is 2.98. The molecule has 0 nitrogen and oxygen atoms in total. The number of hydrogen-bond acceptors (Lipinski definition) is 0. The first-order chi connectivity index (χ1) is 8.13. The Morgan fingerprint density at radius 2 is 1.59 bits per heavy atom. The van der Waals surface area contributed by atoms with Gasteiger partial charge >= 0.3 is 0 Å². The highest BCUT2D eigenvalue weighted by atomic mass is 14.4. The summed E-state index contributed by atoms with van der Waals surface area (Å²) in [5.41, 5.74) is 0. The van der Waals surface area contributed by atoms with Crippen molar-refractivity contribution < 1.29 is 0 Å². The maximum Gasteiger partial charge on any atom is -0.0383 e. The molecule has 1 fully saturated rings. The maximum atomic E-state index is 2.42. The van der Waals surface area contributed by atoms with E-state index >= 15 is 0 Å². The van der Waals surface area contributed by atoms with Crippen molar-refractivity contribution in [3.63, 3.8) is 0 Å². The summed E-state index contributed by atoms with van der Waals surface area (Å²) < 4.78 is 0. The van der Waals surface area contributed by atoms with Gasteiger partial charge in [-0.15, -0.1) is 0 Å². The van der Waals surface area contributed by atoms with Crippen LogP contribution in [0.25, 0.3) is 0 Å². The van der Waals surface area contributed by atoms with E-state index in [1.807, 2.05) is 0 Å². The third kappa shape index (κ3) is 7.11. The van der Waals surface area contributed by atoms with Gasteiger partial charge in [0, 0.05) is 0 Å². The molecule has 0 heteroatoms. The Hall–Kier alpha value is 0. The van der Waals surface area contributed by atoms with Crippen molar-refractivity contribution in [3.8, 4) is 0 Å². The molecule has 0 aromatic rings. The van der Waals surface area contributed by atoms with Gasteiger partial charge in [-0.2, -0.15) is 0 Å². The Kier molecular flexibility index (Phi) is 7.23. The summed E-state index contributed by atoms with van der Waals surface area (Å²) in [5.74, 6) is 4.08. The SMILES string of the molecule is CCC(CCCCCCC(C)C)CC1CC1C. The molecule has 3 unspecified atom stereocenters. The molecule has 0 aromatic heterocycles. The van der Waals surface area contributed by atoms with Crippen LogP contribution in [0.3, 0.4) is 0 Å². The zero-order chi connectivity index (χ0) is 12.7. The Bertz CT molecular complexity index is 182. The predicted molar refractivity (Wildman–Crippen MR) is 78.2 cm³/mol. The van der Waals surface area contributed by atoms with Gasteiger partial charge in [0.25, 0.3) is 0 Å². The summed E-state index contributed by atoms with van der Waals surface area (Å²) in [6, 6.07) is 0. The van der Waals surface area contributed by atoms with E-state index in [1.54, 1.807) is 0 Å². The van der Waals surface area contributed by atoms with Crippen LogP contribution in [0.4, 0.5) is 0 Å². The zero-order valence-corrected chi connectivity index (χ0v) is 12.7. The van der Waals surface area contributed by atoms with Crippen molar-refractivity contribution in [1.82, 2.24) is 0 Å². The standard InChI is InChI=1S/C17H34/c1-5-16(13-17-12-15(17)4)11-9-7-6-8-10-14(2)3/h14-17H,5-13H2,1-4H3. The highest BCUT2D eigenvalue weighted by molar-refractivity contribution is 4.84. The molecule has 0 spiro atoms. The van der Waals surface area contributed by atoms with E-state index in [0.29, 0.717) is 0 Å². The van der Waals surface area contributed by atoms with E-state index in [0.717, 1.165) is 23.7 Å². The summed E-state index contributed by atoms with van der Waals surface area (Å²) in [6.45, 7) is 9.48. The molecular weight excluding hydrogens is 204 g/mol. The molecule has 17 heavy (non-hydrogen) atoms. The smallest absolute Gasteiger partial charge is 0.0383 e. The van der Waals surface area contributed by atoms with Gasteiger partial charge in [0.15, 0.2) is 0 Å². The van der Waals surface area contributed by atoms with Crippen molar-refractivity contribution in [2.24, 2.45) is 23.7 Å². The summed E-state index contributed by atoms with van der Waals surface area (Å²) >= 11 is 0. The molecule has 3 atom stereocenters. The summed E-state index contributed by atoms with van der Waals surface area (Å²) in [6.07, 6.45) is 13.3. The van der Waals surface area contributed by atoms with Gasteiger partial charge in [0.2, 0.25) is 0 Å². The molecule has 0 saturated heterocycles. The first-order valence-electron chi connectivity index (χ1n) is 8.13. The van der Waals surface area contributed by atoms with E-state index in [-0.39, 0.29) is 0 Å². The van der Waals surface area contributed by atoms with Crippen LogP contribution >= 0.6 is 0 Å². The van der Waals surface area contributed by atoms with Gasteiger partial charge in [-0.05, 0) is 36.5 Å². The highest BCUT2D eigenvalue weighted by Gasteiger charge is 2.33.